The highest BCUT2D eigenvalue weighted by molar-refractivity contribution is 6.32. The molecule has 0 saturated carbocycles. The number of hydrogen-bond donors (Lipinski definition) is 1. The first-order valence-electron chi connectivity index (χ1n) is 8.84. The summed E-state index contributed by atoms with van der Waals surface area (Å²) in [5, 5.41) is 3.15. The number of halogens is 2. The van der Waals surface area contributed by atoms with Crippen LogP contribution in [-0.4, -0.2) is 50.3 Å². The number of carbonyl (C=O) groups is 1. The van der Waals surface area contributed by atoms with Crippen molar-refractivity contribution in [1.82, 2.24) is 10.2 Å². The molecule has 7 heteroatoms. The summed E-state index contributed by atoms with van der Waals surface area (Å²) in [5.41, 5.74) is 1.03. The number of amides is 1. The minimum absolute atomic E-state index is 0.135. The van der Waals surface area contributed by atoms with Crippen LogP contribution in [0.1, 0.15) is 11.6 Å². The Balaban J connectivity index is 1.61. The van der Waals surface area contributed by atoms with Crippen LogP contribution >= 0.6 is 11.6 Å². The molecule has 0 spiro atoms. The average molecular weight is 393 g/mol. The second-order valence-corrected chi connectivity index (χ2v) is 6.71. The predicted molar refractivity (Wildman–Crippen MR) is 101 cm³/mol. The van der Waals surface area contributed by atoms with E-state index in [1.165, 1.54) is 12.1 Å². The normalized spacial score (nSPS) is 15.9. The highest BCUT2D eigenvalue weighted by atomic mass is 35.5. The molecule has 1 aliphatic rings. The van der Waals surface area contributed by atoms with Gasteiger partial charge >= 0.3 is 0 Å². The Bertz CT molecular complexity index is 754. The fourth-order valence-electron chi connectivity index (χ4n) is 2.93. The van der Waals surface area contributed by atoms with Crippen molar-refractivity contribution in [3.05, 3.63) is 64.9 Å². The zero-order chi connectivity index (χ0) is 19.1. The van der Waals surface area contributed by atoms with Crippen molar-refractivity contribution >= 4 is 17.5 Å². The maximum absolute atomic E-state index is 13.1. The van der Waals surface area contributed by atoms with Crippen LogP contribution in [0.25, 0.3) is 0 Å². The maximum Gasteiger partial charge on any atom is 0.258 e. The quantitative estimate of drug-likeness (QED) is 0.786. The molecular weight excluding hydrogens is 371 g/mol. The summed E-state index contributed by atoms with van der Waals surface area (Å²) < 4.78 is 23.9. The number of nitrogens with one attached hydrogen (secondary N) is 1. The van der Waals surface area contributed by atoms with E-state index in [4.69, 9.17) is 21.1 Å². The standard InChI is InChI=1S/C20H22ClFN2O3/c21-17-12-16(22)6-7-19(17)27-14-20(25)23-18(15-4-2-1-3-5-15)13-24-8-10-26-11-9-24/h1-7,12,18H,8-11,13-14H2,(H,23,25)/t18-/m1/s1. The number of morpholine rings is 1. The third kappa shape index (κ3) is 5.92. The molecular formula is C20H22ClFN2O3. The Hall–Kier alpha value is -2.15. The van der Waals surface area contributed by atoms with E-state index in [-0.39, 0.29) is 29.3 Å². The van der Waals surface area contributed by atoms with E-state index in [0.717, 1.165) is 24.7 Å². The van der Waals surface area contributed by atoms with Gasteiger partial charge in [0.05, 0.1) is 24.3 Å². The van der Waals surface area contributed by atoms with Gasteiger partial charge in [0.2, 0.25) is 0 Å². The molecule has 2 aromatic rings. The van der Waals surface area contributed by atoms with Crippen LogP contribution in [0.2, 0.25) is 5.02 Å². The van der Waals surface area contributed by atoms with Crippen LogP contribution in [0.4, 0.5) is 4.39 Å². The zero-order valence-corrected chi connectivity index (χ0v) is 15.6. The number of benzene rings is 2. The lowest BCUT2D eigenvalue weighted by molar-refractivity contribution is -0.124. The SMILES string of the molecule is O=C(COc1ccc(F)cc1Cl)N[C@H](CN1CCOCC1)c1ccccc1. The Morgan fingerprint density at radius 2 is 1.96 bits per heavy atom. The molecule has 0 radical (unpaired) electrons. The molecule has 1 heterocycles. The van der Waals surface area contributed by atoms with Gasteiger partial charge in [-0.1, -0.05) is 41.9 Å². The van der Waals surface area contributed by atoms with E-state index in [1.54, 1.807) is 0 Å². The van der Waals surface area contributed by atoms with Gasteiger partial charge in [0, 0.05) is 19.6 Å². The average Bonchev–Trinajstić information content (AvgIpc) is 2.68. The van der Waals surface area contributed by atoms with Gasteiger partial charge in [-0.2, -0.15) is 0 Å². The molecule has 1 fully saturated rings. The first-order valence-corrected chi connectivity index (χ1v) is 9.22. The van der Waals surface area contributed by atoms with Crippen molar-refractivity contribution in [2.45, 2.75) is 6.04 Å². The first kappa shape index (κ1) is 19.6. The first-order chi connectivity index (χ1) is 13.1. The summed E-state index contributed by atoms with van der Waals surface area (Å²) in [7, 11) is 0. The van der Waals surface area contributed by atoms with E-state index < -0.39 is 5.82 Å². The molecule has 0 aromatic heterocycles. The summed E-state index contributed by atoms with van der Waals surface area (Å²) in [5.74, 6) is -0.443. The molecule has 1 amide bonds. The van der Waals surface area contributed by atoms with Gasteiger partial charge < -0.3 is 14.8 Å². The molecule has 27 heavy (non-hydrogen) atoms. The summed E-state index contributed by atoms with van der Waals surface area (Å²) in [4.78, 5) is 14.7. The van der Waals surface area contributed by atoms with Crippen molar-refractivity contribution in [2.24, 2.45) is 0 Å². The van der Waals surface area contributed by atoms with Crippen LogP contribution in [0.3, 0.4) is 0 Å². The van der Waals surface area contributed by atoms with Crippen molar-refractivity contribution < 1.29 is 18.7 Å². The number of carbonyl (C=O) groups excluding carboxylic acids is 1. The van der Waals surface area contributed by atoms with Crippen LogP contribution in [0.5, 0.6) is 5.75 Å². The van der Waals surface area contributed by atoms with Crippen molar-refractivity contribution in [2.75, 3.05) is 39.5 Å². The van der Waals surface area contributed by atoms with E-state index in [2.05, 4.69) is 10.2 Å². The molecule has 0 aliphatic carbocycles. The Morgan fingerprint density at radius 1 is 1.22 bits per heavy atom. The molecule has 2 aromatic carbocycles. The summed E-state index contributed by atoms with van der Waals surface area (Å²) in [6, 6.07) is 13.5. The van der Waals surface area contributed by atoms with Crippen molar-refractivity contribution in [1.29, 1.82) is 0 Å². The second-order valence-electron chi connectivity index (χ2n) is 6.31. The summed E-state index contributed by atoms with van der Waals surface area (Å²) in [6.45, 7) is 3.55. The lowest BCUT2D eigenvalue weighted by Gasteiger charge is -2.31. The topological polar surface area (TPSA) is 50.8 Å². The lowest BCUT2D eigenvalue weighted by atomic mass is 10.1. The van der Waals surface area contributed by atoms with Gasteiger partial charge in [-0.25, -0.2) is 4.39 Å². The predicted octanol–water partition coefficient (Wildman–Crippen LogP) is 3.05. The molecule has 3 rings (SSSR count). The van der Waals surface area contributed by atoms with Crippen LogP contribution in [-0.2, 0) is 9.53 Å². The molecule has 144 valence electrons. The molecule has 1 atom stereocenters. The highest BCUT2D eigenvalue weighted by Gasteiger charge is 2.20. The van der Waals surface area contributed by atoms with E-state index >= 15 is 0 Å². The monoisotopic (exact) mass is 392 g/mol. The highest BCUT2D eigenvalue weighted by Crippen LogP contribution is 2.24. The van der Waals surface area contributed by atoms with Crippen molar-refractivity contribution in [3.8, 4) is 5.75 Å². The molecule has 1 saturated heterocycles. The summed E-state index contributed by atoms with van der Waals surface area (Å²) >= 11 is 5.93. The van der Waals surface area contributed by atoms with Crippen LogP contribution in [0, 0.1) is 5.82 Å². The fraction of sp³-hybridized carbons (Fsp3) is 0.350. The smallest absolute Gasteiger partial charge is 0.258 e. The van der Waals surface area contributed by atoms with Crippen molar-refractivity contribution in [3.63, 3.8) is 0 Å². The third-order valence-electron chi connectivity index (χ3n) is 4.33. The molecule has 0 unspecified atom stereocenters. The second kappa shape index (κ2) is 9.69. The van der Waals surface area contributed by atoms with Gasteiger partial charge in [-0.15, -0.1) is 0 Å². The van der Waals surface area contributed by atoms with Gasteiger partial charge in [0.15, 0.2) is 6.61 Å². The van der Waals surface area contributed by atoms with Crippen LogP contribution < -0.4 is 10.1 Å². The number of rotatable bonds is 7. The Labute approximate surface area is 163 Å². The summed E-state index contributed by atoms with van der Waals surface area (Å²) in [6.07, 6.45) is 0. The Kier molecular flexibility index (Phi) is 7.04. The minimum atomic E-state index is -0.452. The third-order valence-corrected chi connectivity index (χ3v) is 4.63. The van der Waals surface area contributed by atoms with E-state index in [9.17, 15) is 9.18 Å². The number of ether oxygens (including phenoxy) is 2. The number of hydrogen-bond acceptors (Lipinski definition) is 4. The molecule has 1 N–H and O–H groups in total. The van der Waals surface area contributed by atoms with Gasteiger partial charge in [-0.05, 0) is 23.8 Å². The Morgan fingerprint density at radius 3 is 2.67 bits per heavy atom. The molecule has 1 aliphatic heterocycles. The van der Waals surface area contributed by atoms with Gasteiger partial charge in [0.1, 0.15) is 11.6 Å². The van der Waals surface area contributed by atoms with E-state index in [1.807, 2.05) is 30.3 Å². The maximum atomic E-state index is 13.1. The van der Waals surface area contributed by atoms with E-state index in [0.29, 0.717) is 19.8 Å². The molecule has 5 nitrogen and oxygen atoms in total. The lowest BCUT2D eigenvalue weighted by Crippen LogP contribution is -2.44. The van der Waals surface area contributed by atoms with Crippen LogP contribution in [0.15, 0.2) is 48.5 Å². The zero-order valence-electron chi connectivity index (χ0n) is 14.9. The van der Waals surface area contributed by atoms with Gasteiger partial charge in [-0.3, -0.25) is 9.69 Å². The fourth-order valence-corrected chi connectivity index (χ4v) is 3.16. The largest absolute Gasteiger partial charge is 0.482 e. The van der Waals surface area contributed by atoms with Gasteiger partial charge in [0.25, 0.3) is 5.91 Å². The number of nitrogens with zero attached hydrogens (tertiary/aromatic N) is 1. The molecule has 0 bridgehead atoms. The minimum Gasteiger partial charge on any atom is -0.482 e.